The van der Waals surface area contributed by atoms with Crippen LogP contribution >= 0.6 is 0 Å². The Morgan fingerprint density at radius 3 is 2.88 bits per heavy atom. The van der Waals surface area contributed by atoms with Crippen LogP contribution in [0.5, 0.6) is 0 Å². The Labute approximate surface area is 194 Å². The number of aliphatic hydroxyl groups excluding tert-OH is 2. The number of aromatic nitrogens is 5. The smallest absolute Gasteiger partial charge is 0.333 e. The van der Waals surface area contributed by atoms with Crippen molar-refractivity contribution in [3.05, 3.63) is 53.6 Å². The van der Waals surface area contributed by atoms with Gasteiger partial charge in [0.05, 0.1) is 30.9 Å². The van der Waals surface area contributed by atoms with Crippen LogP contribution in [0.25, 0.3) is 0 Å². The van der Waals surface area contributed by atoms with Crippen molar-refractivity contribution in [2.24, 2.45) is 11.1 Å². The molecule has 4 atom stereocenters. The molecule has 0 aromatic carbocycles. The Morgan fingerprint density at radius 2 is 2.18 bits per heavy atom. The summed E-state index contributed by atoms with van der Waals surface area (Å²) in [6.07, 6.45) is 1.78. The van der Waals surface area contributed by atoms with Crippen LogP contribution in [0.4, 0.5) is 5.82 Å². The topological polar surface area (TPSA) is 209 Å². The van der Waals surface area contributed by atoms with Gasteiger partial charge in [-0.3, -0.25) is 13.7 Å². The number of carbonyl (C=O) groups is 1. The van der Waals surface area contributed by atoms with Gasteiger partial charge in [0.2, 0.25) is 5.78 Å². The maximum atomic E-state index is 13.1. The summed E-state index contributed by atoms with van der Waals surface area (Å²) in [7, 11) is -4.19. The van der Waals surface area contributed by atoms with Crippen LogP contribution in [-0.4, -0.2) is 74.2 Å². The molecule has 3 heterocycles. The van der Waals surface area contributed by atoms with Gasteiger partial charge in [-0.1, -0.05) is 5.16 Å². The molecule has 1 fully saturated rings. The van der Waals surface area contributed by atoms with Crippen LogP contribution in [0.2, 0.25) is 0 Å². The zero-order chi connectivity index (χ0) is 24.5. The van der Waals surface area contributed by atoms with Gasteiger partial charge in [-0.25, -0.2) is 15.1 Å². The van der Waals surface area contributed by atoms with Crippen molar-refractivity contribution in [3.8, 4) is 0 Å². The molecule has 0 saturated heterocycles. The highest BCUT2D eigenvalue weighted by Gasteiger charge is 2.42. The maximum Gasteiger partial charge on any atom is 0.333 e. The normalized spacial score (nSPS) is 22.7. The lowest BCUT2D eigenvalue weighted by Gasteiger charge is -2.19. The number of anilines is 1. The summed E-state index contributed by atoms with van der Waals surface area (Å²) in [5.41, 5.74) is 0.903. The van der Waals surface area contributed by atoms with Crippen molar-refractivity contribution in [2.45, 2.75) is 38.1 Å². The van der Waals surface area contributed by atoms with Gasteiger partial charge in [0.25, 0.3) is 0 Å². The Kier molecular flexibility index (Phi) is 6.72. The Morgan fingerprint density at radius 1 is 1.38 bits per heavy atom. The number of hydrogen-bond donors (Lipinski definition) is 4. The van der Waals surface area contributed by atoms with Crippen molar-refractivity contribution in [2.75, 3.05) is 11.9 Å². The number of aryl methyl sites for hydroxylation is 1. The molecule has 14 nitrogen and oxygen atoms in total. The summed E-state index contributed by atoms with van der Waals surface area (Å²) in [4.78, 5) is 21.1. The maximum absolute atomic E-state index is 13.1. The molecule has 1 saturated carbocycles. The van der Waals surface area contributed by atoms with E-state index in [2.05, 4.69) is 29.7 Å². The Balaban J connectivity index is 1.47. The number of nitrogens with zero attached hydrogens (tertiary/aromatic N) is 5. The second kappa shape index (κ2) is 9.55. The average Bonchev–Trinajstić information content (AvgIpc) is 3.48. The molecule has 182 valence electrons. The van der Waals surface area contributed by atoms with Gasteiger partial charge >= 0.3 is 10.3 Å². The van der Waals surface area contributed by atoms with Gasteiger partial charge < -0.3 is 20.1 Å². The van der Waals surface area contributed by atoms with Crippen molar-refractivity contribution >= 4 is 21.9 Å². The Hall–Kier alpha value is -3.24. The van der Waals surface area contributed by atoms with Crippen LogP contribution in [0.15, 0.2) is 35.4 Å². The quantitative estimate of drug-likeness (QED) is 0.264. The van der Waals surface area contributed by atoms with E-state index in [1.807, 2.05) is 0 Å². The fourth-order valence-corrected chi connectivity index (χ4v) is 4.13. The highest BCUT2D eigenvalue weighted by molar-refractivity contribution is 7.84. The van der Waals surface area contributed by atoms with E-state index in [-0.39, 0.29) is 23.5 Å². The zero-order valence-electron chi connectivity index (χ0n) is 18.0. The van der Waals surface area contributed by atoms with E-state index in [4.69, 9.17) is 9.66 Å². The van der Waals surface area contributed by atoms with Crippen molar-refractivity contribution in [1.29, 1.82) is 0 Å². The van der Waals surface area contributed by atoms with Crippen molar-refractivity contribution < 1.29 is 32.1 Å². The lowest BCUT2D eigenvalue weighted by Crippen LogP contribution is -2.36. The largest absolute Gasteiger partial charge is 0.390 e. The van der Waals surface area contributed by atoms with Gasteiger partial charge in [0.1, 0.15) is 35.4 Å². The first-order chi connectivity index (χ1) is 16.1. The van der Waals surface area contributed by atoms with Gasteiger partial charge in [-0.05, 0) is 19.4 Å². The zero-order valence-corrected chi connectivity index (χ0v) is 18.8. The number of ketones is 1. The summed E-state index contributed by atoms with van der Waals surface area (Å²) in [5.74, 6) is -0.373. The second-order valence-electron chi connectivity index (χ2n) is 7.95. The first-order valence-electron chi connectivity index (χ1n) is 10.2. The van der Waals surface area contributed by atoms with Gasteiger partial charge in [-0.15, -0.1) is 0 Å². The molecule has 15 heteroatoms. The van der Waals surface area contributed by atoms with E-state index in [9.17, 15) is 23.4 Å². The van der Waals surface area contributed by atoms with Crippen molar-refractivity contribution in [1.82, 2.24) is 24.9 Å². The second-order valence-corrected chi connectivity index (χ2v) is 9.17. The summed E-state index contributed by atoms with van der Waals surface area (Å²) in [6.45, 7) is 1.69. The summed E-state index contributed by atoms with van der Waals surface area (Å²) < 4.78 is 33.2. The molecule has 3 aromatic heterocycles. The molecule has 0 amide bonds. The Bertz CT molecular complexity index is 1280. The SMILES string of the molecule is Cc1cc(Cn2ccc(C(=O)c3cncnc3N[C@@H]3C[C@H](COS(N)(=O)=O)[C@@H](O)[C@H]3O)n2)no1. The third kappa shape index (κ3) is 5.45. The van der Waals surface area contributed by atoms with E-state index >= 15 is 0 Å². The standard InChI is InChI=1S/C19H23N7O7S/c1-10-4-12(25-33-10)7-26-3-2-14(24-26)17(28)13-6-21-9-22-19(13)23-15-5-11(16(27)18(15)29)8-32-34(20,30)31/h2-4,6,9,11,15-16,18,27,29H,5,7-8H2,1H3,(H2,20,30,31)(H,21,22,23)/t11-,15-,16-,18+/m1/s1. The first-order valence-corrected chi connectivity index (χ1v) is 11.7. The molecule has 4 rings (SSSR count). The van der Waals surface area contributed by atoms with Crippen LogP contribution < -0.4 is 10.5 Å². The third-order valence-electron chi connectivity index (χ3n) is 5.40. The van der Waals surface area contributed by atoms with Crippen LogP contribution in [0.1, 0.15) is 33.9 Å². The number of nitrogens with two attached hydrogens (primary N) is 1. The first kappa shape index (κ1) is 23.9. The monoisotopic (exact) mass is 493 g/mol. The molecular weight excluding hydrogens is 470 g/mol. The minimum absolute atomic E-state index is 0.107. The lowest BCUT2D eigenvalue weighted by atomic mass is 10.1. The lowest BCUT2D eigenvalue weighted by molar-refractivity contribution is 0.00778. The summed E-state index contributed by atoms with van der Waals surface area (Å²) in [5, 5.41) is 36.6. The molecule has 0 bridgehead atoms. The predicted molar refractivity (Wildman–Crippen MR) is 115 cm³/mol. The molecule has 34 heavy (non-hydrogen) atoms. The summed E-state index contributed by atoms with van der Waals surface area (Å²) >= 11 is 0. The van der Waals surface area contributed by atoms with E-state index in [0.717, 1.165) is 0 Å². The minimum Gasteiger partial charge on any atom is -0.390 e. The number of carbonyl (C=O) groups excluding carboxylic acids is 1. The van der Waals surface area contributed by atoms with Gasteiger partial charge in [0.15, 0.2) is 0 Å². The third-order valence-corrected chi connectivity index (χ3v) is 5.87. The number of aliphatic hydroxyl groups is 2. The number of rotatable bonds is 9. The minimum atomic E-state index is -4.19. The molecule has 5 N–H and O–H groups in total. The molecular formula is C19H23N7O7S. The van der Waals surface area contributed by atoms with Gasteiger partial charge in [0, 0.05) is 24.4 Å². The molecule has 1 aliphatic rings. The van der Waals surface area contributed by atoms with E-state index in [1.54, 1.807) is 25.3 Å². The fraction of sp³-hybridized carbons (Fsp3) is 0.421. The van der Waals surface area contributed by atoms with Crippen LogP contribution in [0, 0.1) is 12.8 Å². The molecule has 1 aliphatic carbocycles. The average molecular weight is 494 g/mol. The molecule has 0 unspecified atom stereocenters. The van der Waals surface area contributed by atoms with Gasteiger partial charge in [-0.2, -0.15) is 13.5 Å². The highest BCUT2D eigenvalue weighted by atomic mass is 32.2. The van der Waals surface area contributed by atoms with Crippen molar-refractivity contribution in [3.63, 3.8) is 0 Å². The molecule has 0 aliphatic heterocycles. The van der Waals surface area contributed by atoms with E-state index in [1.165, 1.54) is 17.2 Å². The predicted octanol–water partition coefficient (Wildman–Crippen LogP) is -1.01. The highest BCUT2D eigenvalue weighted by Crippen LogP contribution is 2.30. The van der Waals surface area contributed by atoms with E-state index in [0.29, 0.717) is 18.0 Å². The molecule has 0 spiro atoms. The molecule has 0 radical (unpaired) electrons. The fourth-order valence-electron chi connectivity index (χ4n) is 3.77. The molecule has 3 aromatic rings. The van der Waals surface area contributed by atoms with Crippen LogP contribution in [0.3, 0.4) is 0 Å². The van der Waals surface area contributed by atoms with E-state index < -0.39 is 46.9 Å². The number of nitrogens with one attached hydrogen (secondary N) is 1. The van der Waals surface area contributed by atoms with Crippen LogP contribution in [-0.2, 0) is 21.0 Å². The number of hydrogen-bond acceptors (Lipinski definition) is 12. The summed E-state index contributed by atoms with van der Waals surface area (Å²) in [6, 6.07) is 2.57.